The lowest BCUT2D eigenvalue weighted by Crippen LogP contribution is -2.51. The molecule has 0 bridgehead atoms. The summed E-state index contributed by atoms with van der Waals surface area (Å²) in [4.78, 5) is 41.5. The van der Waals surface area contributed by atoms with Crippen LogP contribution in [0.25, 0.3) is 0 Å². The summed E-state index contributed by atoms with van der Waals surface area (Å²) in [5.41, 5.74) is 1.01. The zero-order chi connectivity index (χ0) is 22.2. The number of amides is 1. The number of aldehydes is 1. The molecule has 1 aliphatic heterocycles. The number of benzene rings is 1. The van der Waals surface area contributed by atoms with Crippen molar-refractivity contribution in [3.8, 4) is 11.5 Å². The number of phenols is 1. The van der Waals surface area contributed by atoms with Crippen LogP contribution in [0.15, 0.2) is 36.5 Å². The Kier molecular flexibility index (Phi) is 7.55. The molecule has 1 amide bonds. The molecule has 2 heterocycles. The molecule has 9 heteroatoms. The van der Waals surface area contributed by atoms with Gasteiger partial charge in [0.05, 0.1) is 42.7 Å². The fourth-order valence-electron chi connectivity index (χ4n) is 3.30. The van der Waals surface area contributed by atoms with E-state index >= 15 is 0 Å². The number of hydrogen-bond acceptors (Lipinski definition) is 8. The van der Waals surface area contributed by atoms with Gasteiger partial charge in [-0.1, -0.05) is 6.07 Å². The number of morpholine rings is 1. The summed E-state index contributed by atoms with van der Waals surface area (Å²) < 4.78 is 16.2. The largest absolute Gasteiger partial charge is 0.507 e. The first-order chi connectivity index (χ1) is 15.0. The zero-order valence-electron chi connectivity index (χ0n) is 17.2. The number of carbonyl (C=O) groups is 3. The van der Waals surface area contributed by atoms with E-state index < -0.39 is 12.0 Å². The van der Waals surface area contributed by atoms with Crippen molar-refractivity contribution in [2.24, 2.45) is 0 Å². The molecule has 1 aromatic carbocycles. The summed E-state index contributed by atoms with van der Waals surface area (Å²) >= 11 is 0. The standard InChI is InChI=1S/C22H24N2O7/c1-15(26)30-10-7-19-17(4-3-8-23-19)22(28)24-9-11-29-13-16(24)14-31-21-6-2-5-20(27)18(21)12-25/h2-6,8,12,16,27H,7,9-11,13-14H2,1H3/t16-/m0/s1. The molecule has 1 saturated heterocycles. The van der Waals surface area contributed by atoms with Crippen LogP contribution in [-0.2, 0) is 20.7 Å². The number of ether oxygens (including phenoxy) is 3. The number of aromatic hydroxyl groups is 1. The van der Waals surface area contributed by atoms with Crippen LogP contribution in [0.1, 0.15) is 33.3 Å². The first-order valence-corrected chi connectivity index (χ1v) is 9.87. The Balaban J connectivity index is 1.74. The first kappa shape index (κ1) is 22.2. The zero-order valence-corrected chi connectivity index (χ0v) is 17.2. The minimum absolute atomic E-state index is 0.0529. The van der Waals surface area contributed by atoms with Crippen LogP contribution < -0.4 is 4.74 Å². The van der Waals surface area contributed by atoms with Crippen LogP contribution in [0, 0.1) is 0 Å². The SMILES string of the molecule is CC(=O)OCCc1ncccc1C(=O)N1CCOC[C@H]1COc1cccc(O)c1C=O. The second kappa shape index (κ2) is 10.5. The Morgan fingerprint density at radius 2 is 2.16 bits per heavy atom. The molecule has 1 aromatic heterocycles. The van der Waals surface area contributed by atoms with Crippen LogP contribution in [0.2, 0.25) is 0 Å². The summed E-state index contributed by atoms with van der Waals surface area (Å²) in [6, 6.07) is 7.51. The molecule has 0 spiro atoms. The summed E-state index contributed by atoms with van der Waals surface area (Å²) in [6.07, 6.45) is 2.43. The van der Waals surface area contributed by atoms with E-state index in [2.05, 4.69) is 4.98 Å². The lowest BCUT2D eigenvalue weighted by Gasteiger charge is -2.35. The average molecular weight is 428 g/mol. The summed E-state index contributed by atoms with van der Waals surface area (Å²) in [5, 5.41) is 9.81. The van der Waals surface area contributed by atoms with Gasteiger partial charge in [-0.15, -0.1) is 0 Å². The third kappa shape index (κ3) is 5.58. The molecule has 0 radical (unpaired) electrons. The first-order valence-electron chi connectivity index (χ1n) is 9.87. The average Bonchev–Trinajstić information content (AvgIpc) is 2.77. The van der Waals surface area contributed by atoms with Gasteiger partial charge < -0.3 is 24.2 Å². The number of rotatable bonds is 8. The van der Waals surface area contributed by atoms with Gasteiger partial charge in [0.2, 0.25) is 0 Å². The molecule has 1 N–H and O–H groups in total. The van der Waals surface area contributed by atoms with Crippen LogP contribution >= 0.6 is 0 Å². The third-order valence-corrected chi connectivity index (χ3v) is 4.85. The Labute approximate surface area is 179 Å². The molecule has 2 aromatic rings. The highest BCUT2D eigenvalue weighted by Crippen LogP contribution is 2.26. The molecule has 3 rings (SSSR count). The van der Waals surface area contributed by atoms with Crippen molar-refractivity contribution in [2.45, 2.75) is 19.4 Å². The van der Waals surface area contributed by atoms with Crippen LogP contribution in [0.4, 0.5) is 0 Å². The van der Waals surface area contributed by atoms with E-state index in [1.807, 2.05) is 0 Å². The quantitative estimate of drug-likeness (QED) is 0.498. The Hall–Kier alpha value is -3.46. The number of esters is 1. The van der Waals surface area contributed by atoms with Crippen LogP contribution in [0.3, 0.4) is 0 Å². The monoisotopic (exact) mass is 428 g/mol. The van der Waals surface area contributed by atoms with Gasteiger partial charge in [0.25, 0.3) is 5.91 Å². The topological polar surface area (TPSA) is 115 Å². The highest BCUT2D eigenvalue weighted by Gasteiger charge is 2.30. The van der Waals surface area contributed by atoms with Gasteiger partial charge in [0.1, 0.15) is 18.1 Å². The van der Waals surface area contributed by atoms with Gasteiger partial charge >= 0.3 is 5.97 Å². The van der Waals surface area contributed by atoms with Gasteiger partial charge in [-0.2, -0.15) is 0 Å². The predicted molar refractivity (Wildman–Crippen MR) is 109 cm³/mol. The normalized spacial score (nSPS) is 15.9. The number of pyridine rings is 1. The van der Waals surface area contributed by atoms with E-state index in [9.17, 15) is 19.5 Å². The van der Waals surface area contributed by atoms with E-state index in [4.69, 9.17) is 14.2 Å². The van der Waals surface area contributed by atoms with Gasteiger partial charge in [0, 0.05) is 26.1 Å². The number of aromatic nitrogens is 1. The third-order valence-electron chi connectivity index (χ3n) is 4.85. The molecule has 9 nitrogen and oxygen atoms in total. The van der Waals surface area contributed by atoms with Crippen molar-refractivity contribution < 1.29 is 33.7 Å². The van der Waals surface area contributed by atoms with E-state index in [0.717, 1.165) is 0 Å². The fourth-order valence-corrected chi connectivity index (χ4v) is 3.30. The summed E-state index contributed by atoms with van der Waals surface area (Å²) in [5.74, 6) is -0.560. The maximum absolute atomic E-state index is 13.3. The van der Waals surface area contributed by atoms with Crippen molar-refractivity contribution in [3.63, 3.8) is 0 Å². The fraction of sp³-hybridized carbons (Fsp3) is 0.364. The van der Waals surface area contributed by atoms with E-state index in [-0.39, 0.29) is 42.8 Å². The van der Waals surface area contributed by atoms with Crippen LogP contribution in [-0.4, -0.2) is 72.2 Å². The number of hydrogen-bond donors (Lipinski definition) is 1. The predicted octanol–water partition coefficient (Wildman–Crippen LogP) is 1.63. The van der Waals surface area contributed by atoms with Crippen molar-refractivity contribution >= 4 is 18.2 Å². The molecule has 164 valence electrons. The van der Waals surface area contributed by atoms with Crippen molar-refractivity contribution in [2.75, 3.05) is 33.0 Å². The molecule has 0 unspecified atom stereocenters. The second-order valence-electron chi connectivity index (χ2n) is 6.93. The molecule has 1 fully saturated rings. The van der Waals surface area contributed by atoms with E-state index in [0.29, 0.717) is 37.1 Å². The molecule has 1 aliphatic rings. The Morgan fingerprint density at radius 3 is 2.94 bits per heavy atom. The summed E-state index contributed by atoms with van der Waals surface area (Å²) in [7, 11) is 0. The maximum atomic E-state index is 13.3. The summed E-state index contributed by atoms with van der Waals surface area (Å²) in [6.45, 7) is 2.56. The van der Waals surface area contributed by atoms with Gasteiger partial charge in [-0.05, 0) is 24.3 Å². The Bertz CT molecular complexity index is 947. The lowest BCUT2D eigenvalue weighted by atomic mass is 10.1. The van der Waals surface area contributed by atoms with E-state index in [1.54, 1.807) is 35.4 Å². The van der Waals surface area contributed by atoms with Crippen LogP contribution in [0.5, 0.6) is 11.5 Å². The molecule has 1 atom stereocenters. The lowest BCUT2D eigenvalue weighted by molar-refractivity contribution is -0.140. The van der Waals surface area contributed by atoms with Gasteiger partial charge in [-0.25, -0.2) is 0 Å². The highest BCUT2D eigenvalue weighted by atomic mass is 16.5. The smallest absolute Gasteiger partial charge is 0.302 e. The minimum Gasteiger partial charge on any atom is -0.507 e. The second-order valence-corrected chi connectivity index (χ2v) is 6.93. The van der Waals surface area contributed by atoms with E-state index in [1.165, 1.54) is 13.0 Å². The Morgan fingerprint density at radius 1 is 1.32 bits per heavy atom. The number of nitrogens with zero attached hydrogens (tertiary/aromatic N) is 2. The van der Waals surface area contributed by atoms with Gasteiger partial charge in [0.15, 0.2) is 6.29 Å². The maximum Gasteiger partial charge on any atom is 0.302 e. The molecule has 31 heavy (non-hydrogen) atoms. The highest BCUT2D eigenvalue weighted by molar-refractivity contribution is 5.95. The molecular weight excluding hydrogens is 404 g/mol. The number of carbonyl (C=O) groups excluding carboxylic acids is 3. The van der Waals surface area contributed by atoms with Crippen molar-refractivity contribution in [1.29, 1.82) is 0 Å². The van der Waals surface area contributed by atoms with Gasteiger partial charge in [-0.3, -0.25) is 19.4 Å². The molecular formula is C22H24N2O7. The van der Waals surface area contributed by atoms with Crippen molar-refractivity contribution in [3.05, 3.63) is 53.3 Å². The molecule has 0 aliphatic carbocycles. The number of phenolic OH excluding ortho intramolecular Hbond substituents is 1. The molecule has 0 saturated carbocycles. The minimum atomic E-state index is -0.398. The van der Waals surface area contributed by atoms with Crippen molar-refractivity contribution in [1.82, 2.24) is 9.88 Å².